The van der Waals surface area contributed by atoms with Crippen molar-refractivity contribution in [1.29, 1.82) is 0 Å². The molecular weight excluding hydrogens is 256 g/mol. The van der Waals surface area contributed by atoms with Crippen LogP contribution in [0, 0.1) is 23.0 Å². The van der Waals surface area contributed by atoms with Gasteiger partial charge in [-0.3, -0.25) is 10.1 Å². The van der Waals surface area contributed by atoms with Crippen molar-refractivity contribution < 1.29 is 4.92 Å². The van der Waals surface area contributed by atoms with Crippen molar-refractivity contribution in [2.45, 2.75) is 32.7 Å². The fourth-order valence-corrected chi connectivity index (χ4v) is 2.27. The molecule has 98 valence electrons. The summed E-state index contributed by atoms with van der Waals surface area (Å²) in [7, 11) is 1.81. The highest BCUT2D eigenvalue weighted by Crippen LogP contribution is 2.38. The summed E-state index contributed by atoms with van der Waals surface area (Å²) in [5.74, 6) is 0.889. The zero-order valence-corrected chi connectivity index (χ0v) is 11.3. The molecule has 1 saturated carbocycles. The van der Waals surface area contributed by atoms with Crippen LogP contribution in [-0.2, 0) is 0 Å². The molecule has 2 rings (SSSR count). The van der Waals surface area contributed by atoms with Gasteiger partial charge in [0.1, 0.15) is 5.69 Å². The van der Waals surface area contributed by atoms with E-state index < -0.39 is 4.92 Å². The predicted octanol–water partition coefficient (Wildman–Crippen LogP) is 2.58. The van der Waals surface area contributed by atoms with Crippen molar-refractivity contribution in [3.63, 3.8) is 0 Å². The van der Waals surface area contributed by atoms with Crippen LogP contribution >= 0.6 is 11.6 Å². The van der Waals surface area contributed by atoms with Gasteiger partial charge in [-0.25, -0.2) is 4.98 Å². The number of nitro groups is 1. The van der Waals surface area contributed by atoms with Gasteiger partial charge >= 0.3 is 5.69 Å². The smallest absolute Gasteiger partial charge is 0.332 e. The van der Waals surface area contributed by atoms with E-state index in [-0.39, 0.29) is 17.0 Å². The Labute approximate surface area is 110 Å². The lowest BCUT2D eigenvalue weighted by atomic mass is 10.2. The molecule has 7 heteroatoms. The number of rotatable bonds is 4. The first-order valence-electron chi connectivity index (χ1n) is 5.83. The zero-order valence-electron chi connectivity index (χ0n) is 10.6. The summed E-state index contributed by atoms with van der Waals surface area (Å²) in [6.45, 7) is 3.62. The maximum absolute atomic E-state index is 11.1. The summed E-state index contributed by atoms with van der Waals surface area (Å²) in [4.78, 5) is 20.4. The Kier molecular flexibility index (Phi) is 3.38. The molecule has 1 aromatic heterocycles. The van der Waals surface area contributed by atoms with Gasteiger partial charge in [0, 0.05) is 13.1 Å². The molecule has 1 aliphatic carbocycles. The number of aryl methyl sites for hydroxylation is 1. The first kappa shape index (κ1) is 13.0. The average Bonchev–Trinajstić information content (AvgIpc) is 3.08. The summed E-state index contributed by atoms with van der Waals surface area (Å²) in [6, 6.07) is 0.217. The number of hydrogen-bond acceptors (Lipinski definition) is 5. The molecule has 1 unspecified atom stereocenters. The van der Waals surface area contributed by atoms with E-state index in [1.165, 1.54) is 0 Å². The molecule has 18 heavy (non-hydrogen) atoms. The van der Waals surface area contributed by atoms with Crippen molar-refractivity contribution in [2.75, 3.05) is 11.9 Å². The minimum Gasteiger partial charge on any atom is -0.351 e. The monoisotopic (exact) mass is 270 g/mol. The first-order valence-corrected chi connectivity index (χ1v) is 6.21. The molecule has 0 saturated heterocycles. The van der Waals surface area contributed by atoms with Crippen LogP contribution < -0.4 is 4.90 Å². The molecule has 1 heterocycles. The van der Waals surface area contributed by atoms with Crippen LogP contribution in [-0.4, -0.2) is 28.0 Å². The lowest BCUT2D eigenvalue weighted by Crippen LogP contribution is -2.32. The van der Waals surface area contributed by atoms with E-state index in [0.29, 0.717) is 17.4 Å². The zero-order chi connectivity index (χ0) is 13.4. The van der Waals surface area contributed by atoms with Crippen LogP contribution in [0.15, 0.2) is 0 Å². The highest BCUT2D eigenvalue weighted by molar-refractivity contribution is 6.28. The molecule has 0 bridgehead atoms. The Morgan fingerprint density at radius 2 is 2.11 bits per heavy atom. The Hall–Kier alpha value is -1.43. The highest BCUT2D eigenvalue weighted by atomic mass is 35.5. The van der Waals surface area contributed by atoms with Gasteiger partial charge in [0.15, 0.2) is 0 Å². The molecule has 0 radical (unpaired) electrons. The van der Waals surface area contributed by atoms with E-state index in [1.54, 1.807) is 6.92 Å². The average molecular weight is 271 g/mol. The Bertz CT molecular complexity index is 490. The topological polar surface area (TPSA) is 72.2 Å². The van der Waals surface area contributed by atoms with Crippen molar-refractivity contribution in [3.8, 4) is 0 Å². The normalized spacial score (nSPS) is 16.4. The minimum atomic E-state index is -0.447. The molecule has 1 atom stereocenters. The summed E-state index contributed by atoms with van der Waals surface area (Å²) in [5.41, 5.74) is 0.235. The molecule has 0 amide bonds. The summed E-state index contributed by atoms with van der Waals surface area (Å²) in [5, 5.41) is 11.2. The third-order valence-electron chi connectivity index (χ3n) is 3.44. The first-order chi connectivity index (χ1) is 8.41. The van der Waals surface area contributed by atoms with Crippen molar-refractivity contribution in [2.24, 2.45) is 5.92 Å². The standard InChI is InChI=1S/C11H15ClN4O2/c1-6-9(16(17)18)10(14-11(12)13-6)15(3)7(2)8-4-5-8/h7-8H,4-5H2,1-3H3. The second kappa shape index (κ2) is 4.68. The second-order valence-electron chi connectivity index (χ2n) is 4.70. The number of anilines is 1. The maximum Gasteiger partial charge on any atom is 0.332 e. The molecule has 0 aromatic carbocycles. The molecule has 1 aliphatic rings. The van der Waals surface area contributed by atoms with Crippen LogP contribution in [0.25, 0.3) is 0 Å². The van der Waals surface area contributed by atoms with E-state index in [1.807, 2.05) is 18.9 Å². The van der Waals surface area contributed by atoms with E-state index in [4.69, 9.17) is 11.6 Å². The van der Waals surface area contributed by atoms with Gasteiger partial charge in [0.25, 0.3) is 0 Å². The molecule has 1 fully saturated rings. The highest BCUT2D eigenvalue weighted by Gasteiger charge is 2.34. The molecule has 0 N–H and O–H groups in total. The SMILES string of the molecule is Cc1nc(Cl)nc(N(C)C(C)C2CC2)c1[N+](=O)[O-]. The minimum absolute atomic E-state index is 0.0444. The van der Waals surface area contributed by atoms with Crippen LogP contribution in [0.1, 0.15) is 25.5 Å². The van der Waals surface area contributed by atoms with Crippen molar-refractivity contribution >= 4 is 23.1 Å². The number of halogens is 1. The molecule has 1 aromatic rings. The summed E-state index contributed by atoms with van der Waals surface area (Å²) < 4.78 is 0. The Morgan fingerprint density at radius 1 is 1.50 bits per heavy atom. The fourth-order valence-electron chi connectivity index (χ4n) is 2.07. The number of aromatic nitrogens is 2. The molecule has 0 spiro atoms. The third kappa shape index (κ3) is 2.38. The van der Waals surface area contributed by atoms with E-state index in [9.17, 15) is 10.1 Å². The Morgan fingerprint density at radius 3 is 2.61 bits per heavy atom. The van der Waals surface area contributed by atoms with Gasteiger partial charge in [-0.2, -0.15) is 4.98 Å². The lowest BCUT2D eigenvalue weighted by molar-refractivity contribution is -0.385. The summed E-state index contributed by atoms with van der Waals surface area (Å²) >= 11 is 5.80. The largest absolute Gasteiger partial charge is 0.351 e. The van der Waals surface area contributed by atoms with Crippen LogP contribution in [0.3, 0.4) is 0 Å². The number of hydrogen-bond donors (Lipinski definition) is 0. The Balaban J connectivity index is 2.44. The molecule has 6 nitrogen and oxygen atoms in total. The lowest BCUT2D eigenvalue weighted by Gasteiger charge is -2.25. The van der Waals surface area contributed by atoms with Crippen LogP contribution in [0.4, 0.5) is 11.5 Å². The maximum atomic E-state index is 11.1. The van der Waals surface area contributed by atoms with Gasteiger partial charge in [-0.05, 0) is 44.2 Å². The fraction of sp³-hybridized carbons (Fsp3) is 0.636. The second-order valence-corrected chi connectivity index (χ2v) is 5.03. The van der Waals surface area contributed by atoms with Gasteiger partial charge in [-0.15, -0.1) is 0 Å². The van der Waals surface area contributed by atoms with Crippen molar-refractivity contribution in [1.82, 2.24) is 9.97 Å². The third-order valence-corrected chi connectivity index (χ3v) is 3.61. The van der Waals surface area contributed by atoms with Crippen LogP contribution in [0.5, 0.6) is 0 Å². The molecular formula is C11H15ClN4O2. The van der Waals surface area contributed by atoms with E-state index in [2.05, 4.69) is 9.97 Å². The number of nitrogens with zero attached hydrogens (tertiary/aromatic N) is 4. The van der Waals surface area contributed by atoms with E-state index in [0.717, 1.165) is 12.8 Å². The predicted molar refractivity (Wildman–Crippen MR) is 69.0 cm³/mol. The summed E-state index contributed by atoms with van der Waals surface area (Å²) in [6.07, 6.45) is 2.33. The van der Waals surface area contributed by atoms with Gasteiger partial charge < -0.3 is 4.90 Å². The quantitative estimate of drug-likeness (QED) is 0.478. The van der Waals surface area contributed by atoms with Gasteiger partial charge in [0.05, 0.1) is 4.92 Å². The van der Waals surface area contributed by atoms with Gasteiger partial charge in [0.2, 0.25) is 11.1 Å². The van der Waals surface area contributed by atoms with E-state index >= 15 is 0 Å². The van der Waals surface area contributed by atoms with Crippen LogP contribution in [0.2, 0.25) is 5.28 Å². The van der Waals surface area contributed by atoms with Gasteiger partial charge in [-0.1, -0.05) is 0 Å². The molecule has 0 aliphatic heterocycles. The van der Waals surface area contributed by atoms with Crippen molar-refractivity contribution in [3.05, 3.63) is 21.1 Å².